The van der Waals surface area contributed by atoms with Crippen LogP contribution in [0.15, 0.2) is 65.8 Å². The summed E-state index contributed by atoms with van der Waals surface area (Å²) in [5, 5.41) is 0.356. The first kappa shape index (κ1) is 25.7. The summed E-state index contributed by atoms with van der Waals surface area (Å²) in [6.45, 7) is 2.97. The number of sulfonamides is 1. The van der Waals surface area contributed by atoms with E-state index in [1.165, 1.54) is 30.5 Å². The third kappa shape index (κ3) is 6.17. The van der Waals surface area contributed by atoms with Gasteiger partial charge in [0.25, 0.3) is 0 Å². The average molecular weight is 514 g/mol. The van der Waals surface area contributed by atoms with Gasteiger partial charge in [0.05, 0.1) is 15.8 Å². The summed E-state index contributed by atoms with van der Waals surface area (Å²) in [4.78, 5) is 25.0. The van der Waals surface area contributed by atoms with Crippen LogP contribution in [0.5, 0.6) is 0 Å². The predicted molar refractivity (Wildman–Crippen MR) is 124 cm³/mol. The van der Waals surface area contributed by atoms with Crippen molar-refractivity contribution >= 4 is 50.8 Å². The van der Waals surface area contributed by atoms with Crippen LogP contribution in [-0.2, 0) is 10.0 Å². The second-order valence-electron chi connectivity index (χ2n) is 7.01. The van der Waals surface area contributed by atoms with Crippen LogP contribution in [0.4, 0.5) is 11.6 Å². The molecule has 1 amide bonds. The quantitative estimate of drug-likeness (QED) is 0.469. The van der Waals surface area contributed by atoms with Gasteiger partial charge in [0.1, 0.15) is 21.7 Å². The zero-order chi connectivity index (χ0) is 22.7. The van der Waals surface area contributed by atoms with Crippen molar-refractivity contribution in [2.45, 2.75) is 4.90 Å². The Labute approximate surface area is 224 Å². The topological polar surface area (TPSA) is 97.6 Å². The van der Waals surface area contributed by atoms with Gasteiger partial charge in [-0.1, -0.05) is 29.3 Å². The number of benzene rings is 1. The third-order valence-corrected chi connectivity index (χ3v) is 6.75. The van der Waals surface area contributed by atoms with Gasteiger partial charge in [0.2, 0.25) is 0 Å². The van der Waals surface area contributed by atoms with E-state index in [4.69, 9.17) is 23.2 Å². The number of amides is 1. The van der Waals surface area contributed by atoms with Gasteiger partial charge in [-0.2, -0.15) is 0 Å². The van der Waals surface area contributed by atoms with Crippen LogP contribution >= 0.6 is 23.2 Å². The van der Waals surface area contributed by atoms with Crippen molar-refractivity contribution in [3.63, 3.8) is 0 Å². The molecule has 2 aromatic heterocycles. The number of pyridine rings is 2. The molecule has 1 aliphatic rings. The van der Waals surface area contributed by atoms with Crippen molar-refractivity contribution in [1.82, 2.24) is 9.97 Å². The van der Waals surface area contributed by atoms with Crippen molar-refractivity contribution in [2.75, 3.05) is 36.0 Å². The molecule has 1 aliphatic heterocycles. The molecule has 0 spiro atoms. The molecule has 0 atom stereocenters. The number of hydrogen-bond acceptors (Lipinski definition) is 7. The molecule has 1 aromatic carbocycles. The molecule has 0 bridgehead atoms. The van der Waals surface area contributed by atoms with E-state index < -0.39 is 15.9 Å². The van der Waals surface area contributed by atoms with Crippen LogP contribution in [0.1, 0.15) is 10.4 Å². The average Bonchev–Trinajstić information content (AvgIpc) is 2.79. The Morgan fingerprint density at radius 3 is 2.12 bits per heavy atom. The van der Waals surface area contributed by atoms with Gasteiger partial charge in [0.15, 0.2) is 0 Å². The molecule has 166 valence electrons. The molecule has 1 saturated heterocycles. The minimum absolute atomic E-state index is 0. The molecule has 3 aromatic rings. The van der Waals surface area contributed by atoms with Crippen molar-refractivity contribution in [1.29, 1.82) is 0 Å². The zero-order valence-electron chi connectivity index (χ0n) is 17.7. The first-order valence-electron chi connectivity index (χ1n) is 9.68. The van der Waals surface area contributed by atoms with Crippen LogP contribution in [0, 0.1) is 0 Å². The maximum atomic E-state index is 12.6. The Morgan fingerprint density at radius 2 is 1.58 bits per heavy atom. The van der Waals surface area contributed by atoms with Crippen LogP contribution in [0.25, 0.3) is 4.72 Å². The Morgan fingerprint density at radius 1 is 0.909 bits per heavy atom. The molecule has 0 N–H and O–H groups in total. The van der Waals surface area contributed by atoms with Gasteiger partial charge < -0.3 is 19.3 Å². The first-order valence-corrected chi connectivity index (χ1v) is 11.9. The summed E-state index contributed by atoms with van der Waals surface area (Å²) < 4.78 is 28.5. The number of rotatable bonds is 5. The predicted octanol–water partition coefficient (Wildman–Crippen LogP) is 1.02. The minimum Gasteiger partial charge on any atom is -0.537 e. The van der Waals surface area contributed by atoms with Gasteiger partial charge in [-0.25, -0.2) is 18.4 Å². The summed E-state index contributed by atoms with van der Waals surface area (Å²) in [5.74, 6) is 0.603. The molecule has 0 radical (unpaired) electrons. The molecular weight excluding hydrogens is 496 g/mol. The van der Waals surface area contributed by atoms with E-state index >= 15 is 0 Å². The number of carbonyl (C=O) groups is 1. The van der Waals surface area contributed by atoms with Gasteiger partial charge in [0, 0.05) is 49.2 Å². The largest absolute Gasteiger partial charge is 1.00 e. The second-order valence-corrected chi connectivity index (χ2v) is 9.46. The van der Waals surface area contributed by atoms with E-state index in [9.17, 15) is 13.2 Å². The molecule has 3 heterocycles. The Bertz CT molecular complexity index is 1220. The van der Waals surface area contributed by atoms with Crippen molar-refractivity contribution in [2.24, 2.45) is 0 Å². The van der Waals surface area contributed by atoms with E-state index in [0.29, 0.717) is 23.9 Å². The summed E-state index contributed by atoms with van der Waals surface area (Å²) in [5.41, 5.74) is -0.0463. The molecule has 8 nitrogen and oxygen atoms in total. The fourth-order valence-electron chi connectivity index (χ4n) is 3.29. The fourth-order valence-corrected chi connectivity index (χ4v) is 4.63. The number of nitrogens with zero attached hydrogens (tertiary/aromatic N) is 5. The SMILES string of the molecule is O=C([N-]S(=O)(=O)c1ccc(N2CCN(c3ccccn3)CC2)nc1)c1ccc(Cl)cc1Cl.[Na+]. The number of hydrogen-bond donors (Lipinski definition) is 0. The smallest absolute Gasteiger partial charge is 0.537 e. The third-order valence-electron chi connectivity index (χ3n) is 4.96. The molecular formula is C21H18Cl2N5NaO3S. The fraction of sp³-hybridized carbons (Fsp3) is 0.190. The molecule has 0 unspecified atom stereocenters. The number of anilines is 2. The number of carbonyl (C=O) groups excluding carboxylic acids is 1. The zero-order valence-corrected chi connectivity index (χ0v) is 22.1. The molecule has 4 rings (SSSR count). The van der Waals surface area contributed by atoms with E-state index in [1.807, 2.05) is 18.2 Å². The van der Waals surface area contributed by atoms with E-state index in [2.05, 4.69) is 24.5 Å². The van der Waals surface area contributed by atoms with Crippen molar-refractivity contribution in [3.8, 4) is 0 Å². The number of piperazine rings is 1. The molecule has 0 aliphatic carbocycles. The van der Waals surface area contributed by atoms with Gasteiger partial charge in [-0.15, -0.1) is 0 Å². The van der Waals surface area contributed by atoms with Crippen molar-refractivity contribution < 1.29 is 42.8 Å². The maximum Gasteiger partial charge on any atom is 1.00 e. The normalized spacial score (nSPS) is 13.9. The maximum absolute atomic E-state index is 12.6. The monoisotopic (exact) mass is 513 g/mol. The summed E-state index contributed by atoms with van der Waals surface area (Å²) >= 11 is 11.8. The van der Waals surface area contributed by atoms with E-state index in [-0.39, 0.29) is 45.0 Å². The number of halogens is 2. The molecule has 12 heteroatoms. The van der Waals surface area contributed by atoms with E-state index in [1.54, 1.807) is 12.3 Å². The summed E-state index contributed by atoms with van der Waals surface area (Å²) in [6, 6.07) is 12.9. The van der Waals surface area contributed by atoms with Gasteiger partial charge in [-0.3, -0.25) is 0 Å². The minimum atomic E-state index is -4.24. The Hall–Kier alpha value is -1.88. The summed E-state index contributed by atoms with van der Waals surface area (Å²) in [6.07, 6.45) is 2.97. The standard InChI is InChI=1S/C21H19Cl2N5O3S.Na/c22-15-4-6-17(18(23)13-15)21(29)26-32(30,31)16-5-7-20(25-14-16)28-11-9-27(10-12-28)19-3-1-2-8-24-19;/h1-8,13-14H,9-12H2,(H,26,29);/q;+1/p-1. The first-order chi connectivity index (χ1) is 15.3. The van der Waals surface area contributed by atoms with Gasteiger partial charge >= 0.3 is 29.6 Å². The van der Waals surface area contributed by atoms with Gasteiger partial charge in [-0.05, 0) is 42.5 Å². The van der Waals surface area contributed by atoms with Crippen LogP contribution in [0.2, 0.25) is 10.0 Å². The Kier molecular flexibility index (Phi) is 8.60. The Balaban J connectivity index is 0.00000306. The number of aromatic nitrogens is 2. The molecule has 1 fully saturated rings. The molecule has 33 heavy (non-hydrogen) atoms. The van der Waals surface area contributed by atoms with Crippen LogP contribution in [0.3, 0.4) is 0 Å². The van der Waals surface area contributed by atoms with Crippen LogP contribution in [-0.4, -0.2) is 50.5 Å². The van der Waals surface area contributed by atoms with Crippen molar-refractivity contribution in [3.05, 3.63) is 81.3 Å². The van der Waals surface area contributed by atoms with E-state index in [0.717, 1.165) is 18.9 Å². The molecule has 0 saturated carbocycles. The summed E-state index contributed by atoms with van der Waals surface area (Å²) in [7, 11) is -4.24. The second kappa shape index (κ2) is 11.0. The van der Waals surface area contributed by atoms with Crippen LogP contribution < -0.4 is 39.4 Å².